The van der Waals surface area contributed by atoms with Gasteiger partial charge in [0.25, 0.3) is 0 Å². The van der Waals surface area contributed by atoms with E-state index in [1.54, 1.807) is 12.4 Å². The molecule has 1 heterocycles. The predicted molar refractivity (Wildman–Crippen MR) is 60.4 cm³/mol. The SMILES string of the molecule is O=S([O-])Cc1nccn1Cc1ccccc1. The van der Waals surface area contributed by atoms with Gasteiger partial charge in [-0.15, -0.1) is 0 Å². The maximum Gasteiger partial charge on any atom is 0.120 e. The van der Waals surface area contributed by atoms with Gasteiger partial charge in [-0.3, -0.25) is 4.21 Å². The van der Waals surface area contributed by atoms with E-state index in [0.29, 0.717) is 12.4 Å². The molecule has 1 aromatic heterocycles. The Labute approximate surface area is 96.2 Å². The molecule has 5 heteroatoms. The van der Waals surface area contributed by atoms with Gasteiger partial charge in [0.05, 0.1) is 5.75 Å². The van der Waals surface area contributed by atoms with Crippen molar-refractivity contribution in [3.05, 3.63) is 54.1 Å². The second kappa shape index (κ2) is 5.05. The lowest BCUT2D eigenvalue weighted by Crippen LogP contribution is -2.06. The summed E-state index contributed by atoms with van der Waals surface area (Å²) in [5.41, 5.74) is 1.12. The number of hydrogen-bond acceptors (Lipinski definition) is 3. The van der Waals surface area contributed by atoms with Crippen LogP contribution in [0, 0.1) is 0 Å². The topological polar surface area (TPSA) is 57.9 Å². The van der Waals surface area contributed by atoms with Crippen LogP contribution in [-0.2, 0) is 23.4 Å². The molecular weight excluding hydrogens is 224 g/mol. The highest BCUT2D eigenvalue weighted by molar-refractivity contribution is 7.78. The number of benzene rings is 1. The second-order valence-corrected chi connectivity index (χ2v) is 4.30. The monoisotopic (exact) mass is 235 g/mol. The van der Waals surface area contributed by atoms with Gasteiger partial charge in [-0.2, -0.15) is 0 Å². The van der Waals surface area contributed by atoms with Gasteiger partial charge in [-0.1, -0.05) is 30.3 Å². The average Bonchev–Trinajstić information content (AvgIpc) is 2.66. The van der Waals surface area contributed by atoms with Crippen LogP contribution in [0.5, 0.6) is 0 Å². The molecule has 0 aliphatic heterocycles. The van der Waals surface area contributed by atoms with Gasteiger partial charge in [0, 0.05) is 18.9 Å². The highest BCUT2D eigenvalue weighted by atomic mass is 32.2. The summed E-state index contributed by atoms with van der Waals surface area (Å²) in [6.07, 6.45) is 3.40. The molecule has 0 bridgehead atoms. The van der Waals surface area contributed by atoms with Crippen LogP contribution < -0.4 is 0 Å². The Balaban J connectivity index is 2.16. The predicted octanol–water partition coefficient (Wildman–Crippen LogP) is 1.31. The van der Waals surface area contributed by atoms with E-state index in [2.05, 4.69) is 4.98 Å². The van der Waals surface area contributed by atoms with Crippen molar-refractivity contribution in [3.63, 3.8) is 0 Å². The van der Waals surface area contributed by atoms with Crippen LogP contribution in [0.15, 0.2) is 42.7 Å². The Bertz CT molecular complexity index is 482. The standard InChI is InChI=1S/C11H12N2O2S/c14-16(15)9-11-12-6-7-13(11)8-10-4-2-1-3-5-10/h1-7H,8-9H2,(H,14,15)/p-1. The van der Waals surface area contributed by atoms with E-state index < -0.39 is 11.1 Å². The number of rotatable bonds is 4. The van der Waals surface area contributed by atoms with Gasteiger partial charge in [0.15, 0.2) is 0 Å². The molecule has 16 heavy (non-hydrogen) atoms. The van der Waals surface area contributed by atoms with Crippen LogP contribution >= 0.6 is 0 Å². The van der Waals surface area contributed by atoms with E-state index in [0.717, 1.165) is 5.56 Å². The van der Waals surface area contributed by atoms with Gasteiger partial charge in [0.2, 0.25) is 0 Å². The summed E-state index contributed by atoms with van der Waals surface area (Å²) >= 11 is -2.10. The van der Waals surface area contributed by atoms with Crippen molar-refractivity contribution in [2.24, 2.45) is 0 Å². The average molecular weight is 235 g/mol. The molecule has 1 unspecified atom stereocenters. The Hall–Kier alpha value is -1.46. The normalized spacial score (nSPS) is 12.6. The van der Waals surface area contributed by atoms with E-state index in [4.69, 9.17) is 0 Å². The second-order valence-electron chi connectivity index (χ2n) is 3.41. The first-order valence-electron chi connectivity index (χ1n) is 4.85. The number of imidazole rings is 1. The first-order chi connectivity index (χ1) is 7.75. The molecule has 0 aliphatic carbocycles. The molecule has 0 saturated heterocycles. The lowest BCUT2D eigenvalue weighted by molar-refractivity contribution is 0.533. The number of hydrogen-bond donors (Lipinski definition) is 0. The van der Waals surface area contributed by atoms with Crippen molar-refractivity contribution in [1.29, 1.82) is 0 Å². The van der Waals surface area contributed by atoms with E-state index in [1.165, 1.54) is 0 Å². The molecule has 0 radical (unpaired) electrons. The summed E-state index contributed by atoms with van der Waals surface area (Å²) in [4.78, 5) is 4.02. The molecule has 0 spiro atoms. The molecule has 2 aromatic rings. The van der Waals surface area contributed by atoms with Crippen molar-refractivity contribution in [2.75, 3.05) is 0 Å². The van der Waals surface area contributed by atoms with Gasteiger partial charge < -0.3 is 9.12 Å². The van der Waals surface area contributed by atoms with Crippen LogP contribution in [0.3, 0.4) is 0 Å². The molecule has 0 saturated carbocycles. The number of aromatic nitrogens is 2. The van der Waals surface area contributed by atoms with E-state index in [9.17, 15) is 8.76 Å². The zero-order chi connectivity index (χ0) is 11.4. The van der Waals surface area contributed by atoms with Crippen molar-refractivity contribution in [3.8, 4) is 0 Å². The fourth-order valence-corrected chi connectivity index (χ4v) is 1.96. The van der Waals surface area contributed by atoms with Gasteiger partial charge >= 0.3 is 0 Å². The smallest absolute Gasteiger partial charge is 0.120 e. The van der Waals surface area contributed by atoms with Crippen LogP contribution in [0.4, 0.5) is 0 Å². The largest absolute Gasteiger partial charge is 0.772 e. The molecule has 0 amide bonds. The van der Waals surface area contributed by atoms with E-state index in [-0.39, 0.29) is 5.75 Å². The summed E-state index contributed by atoms with van der Waals surface area (Å²) < 4.78 is 23.1. The van der Waals surface area contributed by atoms with E-state index >= 15 is 0 Å². The lowest BCUT2D eigenvalue weighted by atomic mass is 10.2. The number of nitrogens with zero attached hydrogens (tertiary/aromatic N) is 2. The third kappa shape index (κ3) is 2.77. The molecule has 1 atom stereocenters. The van der Waals surface area contributed by atoms with Gasteiger partial charge in [-0.05, 0) is 16.6 Å². The van der Waals surface area contributed by atoms with Gasteiger partial charge in [-0.25, -0.2) is 4.98 Å². The zero-order valence-electron chi connectivity index (χ0n) is 8.57. The highest BCUT2D eigenvalue weighted by Gasteiger charge is 2.03. The fraction of sp³-hybridized carbons (Fsp3) is 0.182. The first kappa shape index (κ1) is 11.0. The maximum atomic E-state index is 10.6. The van der Waals surface area contributed by atoms with Crippen molar-refractivity contribution < 1.29 is 8.76 Å². The molecule has 0 fully saturated rings. The fourth-order valence-electron chi connectivity index (χ4n) is 1.51. The molecule has 2 rings (SSSR count). The van der Waals surface area contributed by atoms with E-state index in [1.807, 2.05) is 34.9 Å². The molecule has 0 N–H and O–H groups in total. The quantitative estimate of drug-likeness (QED) is 0.751. The summed E-state index contributed by atoms with van der Waals surface area (Å²) in [5, 5.41) is 0. The molecular formula is C11H11N2O2S-. The summed E-state index contributed by atoms with van der Waals surface area (Å²) in [6, 6.07) is 9.86. The van der Waals surface area contributed by atoms with Crippen LogP contribution in [0.1, 0.15) is 11.4 Å². The zero-order valence-corrected chi connectivity index (χ0v) is 9.39. The molecule has 4 nitrogen and oxygen atoms in total. The minimum Gasteiger partial charge on any atom is -0.772 e. The Morgan fingerprint density at radius 1 is 1.31 bits per heavy atom. The van der Waals surface area contributed by atoms with Crippen LogP contribution in [-0.4, -0.2) is 18.3 Å². The molecule has 0 aliphatic rings. The summed E-state index contributed by atoms with van der Waals surface area (Å²) in [6.45, 7) is 0.646. The first-order valence-corrected chi connectivity index (χ1v) is 6.10. The Morgan fingerprint density at radius 2 is 2.06 bits per heavy atom. The summed E-state index contributed by atoms with van der Waals surface area (Å²) in [7, 11) is 0. The Morgan fingerprint density at radius 3 is 2.75 bits per heavy atom. The third-order valence-electron chi connectivity index (χ3n) is 2.24. The van der Waals surface area contributed by atoms with Crippen molar-refractivity contribution in [2.45, 2.75) is 12.3 Å². The van der Waals surface area contributed by atoms with Crippen LogP contribution in [0.2, 0.25) is 0 Å². The molecule has 1 aromatic carbocycles. The Kier molecular flexibility index (Phi) is 3.48. The lowest BCUT2D eigenvalue weighted by Gasteiger charge is -2.09. The van der Waals surface area contributed by atoms with Gasteiger partial charge in [0.1, 0.15) is 5.82 Å². The minimum absolute atomic E-state index is 0.0418. The maximum absolute atomic E-state index is 10.6. The minimum atomic E-state index is -2.10. The highest BCUT2D eigenvalue weighted by Crippen LogP contribution is 2.06. The third-order valence-corrected chi connectivity index (χ3v) is 2.74. The van der Waals surface area contributed by atoms with Crippen molar-refractivity contribution in [1.82, 2.24) is 9.55 Å². The van der Waals surface area contributed by atoms with Crippen molar-refractivity contribution >= 4 is 11.1 Å². The molecule has 84 valence electrons. The summed E-state index contributed by atoms with van der Waals surface area (Å²) in [5.74, 6) is 0.525. The van der Waals surface area contributed by atoms with Crippen LogP contribution in [0.25, 0.3) is 0 Å².